The highest BCUT2D eigenvalue weighted by atomic mass is 35.5. The van der Waals surface area contributed by atoms with Crippen LogP contribution in [0.25, 0.3) is 0 Å². The van der Waals surface area contributed by atoms with Crippen LogP contribution in [0.15, 0.2) is 23.1 Å². The second-order valence-electron chi connectivity index (χ2n) is 5.67. The van der Waals surface area contributed by atoms with E-state index in [0.29, 0.717) is 11.1 Å². The smallest absolute Gasteiger partial charge is 0.337 e. The Kier molecular flexibility index (Phi) is 7.01. The predicted octanol–water partition coefficient (Wildman–Crippen LogP) is 1.48. The lowest BCUT2D eigenvalue weighted by Crippen LogP contribution is -2.48. The van der Waals surface area contributed by atoms with E-state index in [9.17, 15) is 13.2 Å². The van der Waals surface area contributed by atoms with Crippen LogP contribution in [0.3, 0.4) is 0 Å². The Morgan fingerprint density at radius 2 is 2.09 bits per heavy atom. The van der Waals surface area contributed by atoms with Crippen LogP contribution in [0.2, 0.25) is 0 Å². The summed E-state index contributed by atoms with van der Waals surface area (Å²) < 4.78 is 32.6. The number of aryl methyl sites for hydroxylation is 1. The van der Waals surface area contributed by atoms with Gasteiger partial charge in [0, 0.05) is 6.04 Å². The molecule has 1 saturated heterocycles. The summed E-state index contributed by atoms with van der Waals surface area (Å²) in [7, 11) is -2.31. The average Bonchev–Trinajstić information content (AvgIpc) is 2.48. The zero-order chi connectivity index (χ0) is 16.3. The van der Waals surface area contributed by atoms with Crippen LogP contribution >= 0.6 is 12.4 Å². The molecule has 1 heterocycles. The largest absolute Gasteiger partial charge is 0.465 e. The van der Waals surface area contributed by atoms with Crippen molar-refractivity contribution in [2.45, 2.75) is 31.2 Å². The van der Waals surface area contributed by atoms with Crippen molar-refractivity contribution in [3.8, 4) is 0 Å². The average molecular weight is 363 g/mol. The number of nitrogens with one attached hydrogen (secondary N) is 2. The molecule has 0 aromatic heterocycles. The first-order valence-corrected chi connectivity index (χ1v) is 8.75. The minimum Gasteiger partial charge on any atom is -0.465 e. The van der Waals surface area contributed by atoms with Crippen LogP contribution in [0.5, 0.6) is 0 Å². The van der Waals surface area contributed by atoms with Gasteiger partial charge in [0.2, 0.25) is 10.0 Å². The zero-order valence-corrected chi connectivity index (χ0v) is 15.1. The van der Waals surface area contributed by atoms with Crippen LogP contribution < -0.4 is 10.0 Å². The van der Waals surface area contributed by atoms with Gasteiger partial charge < -0.3 is 10.1 Å². The molecule has 1 aliphatic heterocycles. The molecule has 23 heavy (non-hydrogen) atoms. The monoisotopic (exact) mass is 362 g/mol. The number of carbonyl (C=O) groups is 1. The van der Waals surface area contributed by atoms with Crippen LogP contribution in [-0.4, -0.2) is 40.6 Å². The number of esters is 1. The number of sulfonamides is 1. The maximum atomic E-state index is 12.6. The van der Waals surface area contributed by atoms with Gasteiger partial charge in [-0.2, -0.15) is 0 Å². The third kappa shape index (κ3) is 4.67. The van der Waals surface area contributed by atoms with Gasteiger partial charge in [-0.1, -0.05) is 6.92 Å². The molecule has 2 N–H and O–H groups in total. The number of methoxy groups -OCH3 is 1. The molecule has 0 bridgehead atoms. The van der Waals surface area contributed by atoms with Crippen molar-refractivity contribution in [2.24, 2.45) is 5.92 Å². The van der Waals surface area contributed by atoms with Gasteiger partial charge in [0.05, 0.1) is 17.6 Å². The number of piperidine rings is 1. The molecule has 1 aromatic carbocycles. The number of hydrogen-bond donors (Lipinski definition) is 2. The first kappa shape index (κ1) is 19.9. The number of ether oxygens (including phenoxy) is 1. The van der Waals surface area contributed by atoms with Crippen molar-refractivity contribution in [3.63, 3.8) is 0 Å². The number of benzene rings is 1. The molecule has 1 aliphatic rings. The fourth-order valence-corrected chi connectivity index (χ4v) is 4.25. The van der Waals surface area contributed by atoms with Gasteiger partial charge in [-0.25, -0.2) is 17.9 Å². The van der Waals surface area contributed by atoms with E-state index in [1.165, 1.54) is 25.3 Å². The molecular weight excluding hydrogens is 340 g/mol. The highest BCUT2D eigenvalue weighted by Gasteiger charge is 2.27. The predicted molar refractivity (Wildman–Crippen MR) is 90.5 cm³/mol. The SMILES string of the molecule is COC(=O)c1ccc(S(=O)(=O)NC2CCNCC2C)c(C)c1.Cl. The molecule has 0 spiro atoms. The molecule has 6 nitrogen and oxygen atoms in total. The number of carbonyl (C=O) groups excluding carboxylic acids is 1. The lowest BCUT2D eigenvalue weighted by atomic mass is 9.97. The Morgan fingerprint density at radius 1 is 1.39 bits per heavy atom. The molecule has 2 unspecified atom stereocenters. The van der Waals surface area contributed by atoms with Crippen molar-refractivity contribution < 1.29 is 17.9 Å². The molecule has 1 aromatic rings. The van der Waals surface area contributed by atoms with E-state index in [0.717, 1.165) is 19.5 Å². The van der Waals surface area contributed by atoms with E-state index in [1.54, 1.807) is 6.92 Å². The van der Waals surface area contributed by atoms with Crippen molar-refractivity contribution in [1.82, 2.24) is 10.0 Å². The van der Waals surface area contributed by atoms with E-state index < -0.39 is 16.0 Å². The molecule has 1 fully saturated rings. The minimum absolute atomic E-state index is 0. The molecular formula is C15H23ClN2O4S. The van der Waals surface area contributed by atoms with Gasteiger partial charge in [-0.15, -0.1) is 12.4 Å². The molecule has 2 atom stereocenters. The van der Waals surface area contributed by atoms with Crippen molar-refractivity contribution in [3.05, 3.63) is 29.3 Å². The molecule has 0 radical (unpaired) electrons. The van der Waals surface area contributed by atoms with E-state index in [-0.39, 0.29) is 29.3 Å². The van der Waals surface area contributed by atoms with Crippen LogP contribution in [0.1, 0.15) is 29.3 Å². The summed E-state index contributed by atoms with van der Waals surface area (Å²) in [6.07, 6.45) is 0.764. The molecule has 0 saturated carbocycles. The van der Waals surface area contributed by atoms with Crippen LogP contribution in [-0.2, 0) is 14.8 Å². The molecule has 0 aliphatic carbocycles. The van der Waals surface area contributed by atoms with Gasteiger partial charge in [0.15, 0.2) is 0 Å². The maximum Gasteiger partial charge on any atom is 0.337 e. The van der Waals surface area contributed by atoms with Crippen molar-refractivity contribution in [1.29, 1.82) is 0 Å². The quantitative estimate of drug-likeness (QED) is 0.792. The number of halogens is 1. The van der Waals surface area contributed by atoms with Gasteiger partial charge in [-0.05, 0) is 56.1 Å². The first-order valence-electron chi connectivity index (χ1n) is 7.27. The Balaban J connectivity index is 0.00000264. The van der Waals surface area contributed by atoms with E-state index >= 15 is 0 Å². The van der Waals surface area contributed by atoms with Gasteiger partial charge in [-0.3, -0.25) is 0 Å². The Hall–Kier alpha value is -1.15. The summed E-state index contributed by atoms with van der Waals surface area (Å²) in [6, 6.07) is 4.38. The Labute approximate surface area is 143 Å². The Bertz CT molecular complexity index is 663. The second kappa shape index (κ2) is 8.10. The summed E-state index contributed by atoms with van der Waals surface area (Å²) >= 11 is 0. The molecule has 130 valence electrons. The highest BCUT2D eigenvalue weighted by Crippen LogP contribution is 2.20. The van der Waals surface area contributed by atoms with Gasteiger partial charge >= 0.3 is 5.97 Å². The van der Waals surface area contributed by atoms with E-state index in [1.807, 2.05) is 6.92 Å². The summed E-state index contributed by atoms with van der Waals surface area (Å²) in [4.78, 5) is 11.7. The maximum absolute atomic E-state index is 12.6. The minimum atomic E-state index is -3.60. The van der Waals surface area contributed by atoms with Gasteiger partial charge in [0.25, 0.3) is 0 Å². The van der Waals surface area contributed by atoms with E-state index in [4.69, 9.17) is 0 Å². The lowest BCUT2D eigenvalue weighted by Gasteiger charge is -2.30. The highest BCUT2D eigenvalue weighted by molar-refractivity contribution is 7.89. The van der Waals surface area contributed by atoms with Crippen molar-refractivity contribution >= 4 is 28.4 Å². The standard InChI is InChI=1S/C15H22N2O4S.ClH/c1-10-8-12(15(18)21-3)4-5-14(10)22(19,20)17-13-6-7-16-9-11(13)2;/h4-5,8,11,13,16-17H,6-7,9H2,1-3H3;1H. The van der Waals surface area contributed by atoms with E-state index in [2.05, 4.69) is 14.8 Å². The third-order valence-corrected chi connectivity index (χ3v) is 5.63. The van der Waals surface area contributed by atoms with Gasteiger partial charge in [0.1, 0.15) is 0 Å². The number of rotatable bonds is 4. The summed E-state index contributed by atoms with van der Waals surface area (Å²) in [5, 5.41) is 3.24. The zero-order valence-electron chi connectivity index (χ0n) is 13.5. The molecule has 8 heteroatoms. The third-order valence-electron chi connectivity index (χ3n) is 3.98. The second-order valence-corrected chi connectivity index (χ2v) is 7.35. The molecule has 2 rings (SSSR count). The summed E-state index contributed by atoms with van der Waals surface area (Å²) in [6.45, 7) is 5.30. The first-order chi connectivity index (χ1) is 10.3. The lowest BCUT2D eigenvalue weighted by molar-refractivity contribution is 0.0600. The molecule has 0 amide bonds. The van der Waals surface area contributed by atoms with Crippen LogP contribution in [0.4, 0.5) is 0 Å². The Morgan fingerprint density at radius 3 is 2.65 bits per heavy atom. The normalized spacial score (nSPS) is 21.3. The fraction of sp³-hybridized carbons (Fsp3) is 0.533. The number of hydrogen-bond acceptors (Lipinski definition) is 5. The summed E-state index contributed by atoms with van der Waals surface area (Å²) in [5.41, 5.74) is 0.867. The topological polar surface area (TPSA) is 84.5 Å². The van der Waals surface area contributed by atoms with Crippen LogP contribution in [0, 0.1) is 12.8 Å². The van der Waals surface area contributed by atoms with Crippen molar-refractivity contribution in [2.75, 3.05) is 20.2 Å². The fourth-order valence-electron chi connectivity index (χ4n) is 2.65. The summed E-state index contributed by atoms with van der Waals surface area (Å²) in [5.74, 6) is -0.245.